The van der Waals surface area contributed by atoms with E-state index in [9.17, 15) is 0 Å². The van der Waals surface area contributed by atoms with Gasteiger partial charge in [-0.25, -0.2) is 4.98 Å². The highest BCUT2D eigenvalue weighted by Gasteiger charge is 2.17. The summed E-state index contributed by atoms with van der Waals surface area (Å²) in [5.74, 6) is 0.595. The lowest BCUT2D eigenvalue weighted by Crippen LogP contribution is -1.95. The molecule has 154 valence electrons. The van der Waals surface area contributed by atoms with Gasteiger partial charge in [0.25, 0.3) is 0 Å². The van der Waals surface area contributed by atoms with Gasteiger partial charge in [0.1, 0.15) is 5.58 Å². The van der Waals surface area contributed by atoms with Crippen molar-refractivity contribution in [3.8, 4) is 22.6 Å². The molecule has 0 saturated carbocycles. The number of hydrogen-bond acceptors (Lipinski definition) is 4. The zero-order valence-corrected chi connectivity index (χ0v) is 18.3. The molecule has 4 heteroatoms. The van der Waals surface area contributed by atoms with Gasteiger partial charge in [0.05, 0.1) is 17.1 Å². The van der Waals surface area contributed by atoms with Crippen LogP contribution < -0.4 is 0 Å². The molecule has 4 heterocycles. The summed E-state index contributed by atoms with van der Waals surface area (Å²) < 4.78 is 6.34. The maximum Gasteiger partial charge on any atom is 0.227 e. The molecule has 0 amide bonds. The maximum absolute atomic E-state index is 6.34. The zero-order chi connectivity index (χ0) is 21.5. The molecule has 0 fully saturated rings. The van der Waals surface area contributed by atoms with Gasteiger partial charge in [0.2, 0.25) is 5.71 Å². The van der Waals surface area contributed by atoms with Crippen molar-refractivity contribution in [1.29, 1.82) is 0 Å². The van der Waals surface area contributed by atoms with Gasteiger partial charge in [-0.15, -0.1) is 0 Å². The van der Waals surface area contributed by atoms with E-state index in [4.69, 9.17) is 9.40 Å². The maximum atomic E-state index is 6.34. The molecule has 0 aliphatic rings. The molecular formula is C27H25N3O. The first kappa shape index (κ1) is 19.4. The third-order valence-electron chi connectivity index (χ3n) is 5.66. The summed E-state index contributed by atoms with van der Waals surface area (Å²) in [4.78, 5) is 14.1. The molecule has 5 aromatic rings. The highest BCUT2D eigenvalue weighted by Crippen LogP contribution is 2.37. The summed E-state index contributed by atoms with van der Waals surface area (Å²) in [6, 6.07) is 16.6. The van der Waals surface area contributed by atoms with Crippen LogP contribution in [0.2, 0.25) is 0 Å². The molecule has 4 aromatic heterocycles. The number of pyridine rings is 3. The predicted octanol–water partition coefficient (Wildman–Crippen LogP) is 6.92. The fraction of sp³-hybridized carbons (Fsp3) is 0.222. The van der Waals surface area contributed by atoms with E-state index in [1.165, 1.54) is 5.56 Å². The largest absolute Gasteiger partial charge is 0.437 e. The Morgan fingerprint density at radius 2 is 1.71 bits per heavy atom. The second-order valence-electron chi connectivity index (χ2n) is 8.61. The van der Waals surface area contributed by atoms with Crippen LogP contribution in [-0.2, 0) is 6.42 Å². The van der Waals surface area contributed by atoms with E-state index in [-0.39, 0.29) is 0 Å². The lowest BCUT2D eigenvalue weighted by Gasteiger charge is -2.07. The number of rotatable bonds is 4. The van der Waals surface area contributed by atoms with Crippen molar-refractivity contribution in [2.45, 2.75) is 34.1 Å². The van der Waals surface area contributed by atoms with Crippen LogP contribution in [0.1, 0.15) is 30.5 Å². The number of aryl methyl sites for hydroxylation is 2. The van der Waals surface area contributed by atoms with Crippen LogP contribution in [0, 0.1) is 19.8 Å². The van der Waals surface area contributed by atoms with Gasteiger partial charge in [-0.2, -0.15) is 0 Å². The van der Waals surface area contributed by atoms with Crippen molar-refractivity contribution in [3.05, 3.63) is 77.6 Å². The van der Waals surface area contributed by atoms with Crippen LogP contribution in [0.25, 0.3) is 44.7 Å². The van der Waals surface area contributed by atoms with E-state index >= 15 is 0 Å². The Hall–Kier alpha value is -3.53. The van der Waals surface area contributed by atoms with Crippen LogP contribution in [0.3, 0.4) is 0 Å². The molecule has 0 unspecified atom stereocenters. The SMILES string of the molecule is Cc1cccnc1-c1nc2oc3c(-c4cc(CC(C)C)ccn4)cccc3c2cc1C. The average Bonchev–Trinajstić information content (AvgIpc) is 3.11. The van der Waals surface area contributed by atoms with Gasteiger partial charge in [-0.05, 0) is 73.2 Å². The molecule has 5 rings (SSSR count). The number of hydrogen-bond donors (Lipinski definition) is 0. The van der Waals surface area contributed by atoms with Crippen molar-refractivity contribution < 1.29 is 4.42 Å². The minimum atomic E-state index is 0.595. The monoisotopic (exact) mass is 407 g/mol. The molecule has 1 aromatic carbocycles. The Kier molecular flexibility index (Phi) is 4.78. The van der Waals surface area contributed by atoms with E-state index in [0.29, 0.717) is 11.6 Å². The quantitative estimate of drug-likeness (QED) is 0.324. The first-order valence-electron chi connectivity index (χ1n) is 10.7. The Labute approximate surface area is 182 Å². The van der Waals surface area contributed by atoms with Gasteiger partial charge < -0.3 is 4.42 Å². The topological polar surface area (TPSA) is 51.8 Å². The standard InChI is InChI=1S/C27H25N3O/c1-16(2)13-19-10-12-28-23(15-19)21-9-5-8-20-22-14-18(4)25(30-27(22)31-26(20)21)24-17(3)7-6-11-29-24/h5-12,14-16H,13H2,1-4H3. The fourth-order valence-corrected chi connectivity index (χ4v) is 4.22. The van der Waals surface area contributed by atoms with E-state index in [1.807, 2.05) is 12.3 Å². The van der Waals surface area contributed by atoms with Crippen molar-refractivity contribution in [2.24, 2.45) is 5.92 Å². The van der Waals surface area contributed by atoms with Crippen LogP contribution in [0.4, 0.5) is 0 Å². The second-order valence-corrected chi connectivity index (χ2v) is 8.61. The minimum Gasteiger partial charge on any atom is -0.437 e. The Bertz CT molecular complexity index is 1420. The molecule has 0 spiro atoms. The van der Waals surface area contributed by atoms with Gasteiger partial charge in [-0.3, -0.25) is 9.97 Å². The summed E-state index contributed by atoms with van der Waals surface area (Å²) in [5, 5.41) is 2.08. The lowest BCUT2D eigenvalue weighted by molar-refractivity contribution is 0.646. The number of fused-ring (bicyclic) bond motifs is 3. The average molecular weight is 408 g/mol. The number of para-hydroxylation sites is 1. The van der Waals surface area contributed by atoms with E-state index in [2.05, 4.69) is 80.1 Å². The fourth-order valence-electron chi connectivity index (χ4n) is 4.22. The number of aromatic nitrogens is 3. The molecular weight excluding hydrogens is 382 g/mol. The Morgan fingerprint density at radius 3 is 2.52 bits per heavy atom. The molecule has 31 heavy (non-hydrogen) atoms. The van der Waals surface area contributed by atoms with Crippen LogP contribution >= 0.6 is 0 Å². The molecule has 0 bridgehead atoms. The van der Waals surface area contributed by atoms with Crippen LogP contribution in [-0.4, -0.2) is 15.0 Å². The molecule has 0 aliphatic heterocycles. The number of nitrogens with zero attached hydrogens (tertiary/aromatic N) is 3. The molecule has 0 radical (unpaired) electrons. The van der Waals surface area contributed by atoms with Crippen molar-refractivity contribution >= 4 is 22.1 Å². The van der Waals surface area contributed by atoms with E-state index in [1.54, 1.807) is 6.20 Å². The van der Waals surface area contributed by atoms with Crippen molar-refractivity contribution in [1.82, 2.24) is 15.0 Å². The first-order valence-corrected chi connectivity index (χ1v) is 10.7. The van der Waals surface area contributed by atoms with Gasteiger partial charge >= 0.3 is 0 Å². The third-order valence-corrected chi connectivity index (χ3v) is 5.66. The van der Waals surface area contributed by atoms with Gasteiger partial charge in [0.15, 0.2) is 0 Å². The van der Waals surface area contributed by atoms with Gasteiger partial charge in [-0.1, -0.05) is 32.0 Å². The molecule has 4 nitrogen and oxygen atoms in total. The molecule has 0 N–H and O–H groups in total. The summed E-state index contributed by atoms with van der Waals surface area (Å²) in [6.07, 6.45) is 4.72. The van der Waals surface area contributed by atoms with E-state index in [0.717, 1.165) is 56.5 Å². The summed E-state index contributed by atoms with van der Waals surface area (Å²) >= 11 is 0. The Balaban J connectivity index is 1.70. The van der Waals surface area contributed by atoms with Crippen LogP contribution in [0.5, 0.6) is 0 Å². The normalized spacial score (nSPS) is 11.6. The molecule has 0 aliphatic carbocycles. The predicted molar refractivity (Wildman–Crippen MR) is 126 cm³/mol. The lowest BCUT2D eigenvalue weighted by atomic mass is 10.0. The third kappa shape index (κ3) is 3.48. The summed E-state index contributed by atoms with van der Waals surface area (Å²) in [5.41, 5.74) is 8.61. The molecule has 0 atom stereocenters. The Morgan fingerprint density at radius 1 is 0.839 bits per heavy atom. The van der Waals surface area contributed by atoms with Crippen LogP contribution in [0.15, 0.2) is 65.3 Å². The highest BCUT2D eigenvalue weighted by atomic mass is 16.3. The minimum absolute atomic E-state index is 0.595. The van der Waals surface area contributed by atoms with Gasteiger partial charge in [0, 0.05) is 28.7 Å². The molecule has 0 saturated heterocycles. The smallest absolute Gasteiger partial charge is 0.227 e. The number of benzene rings is 1. The van der Waals surface area contributed by atoms with Crippen molar-refractivity contribution in [2.75, 3.05) is 0 Å². The summed E-state index contributed by atoms with van der Waals surface area (Å²) in [6.45, 7) is 8.60. The summed E-state index contributed by atoms with van der Waals surface area (Å²) in [7, 11) is 0. The van der Waals surface area contributed by atoms with Crippen molar-refractivity contribution in [3.63, 3.8) is 0 Å². The zero-order valence-electron chi connectivity index (χ0n) is 18.3. The van der Waals surface area contributed by atoms with E-state index < -0.39 is 0 Å². The first-order chi connectivity index (χ1) is 15.0. The number of furan rings is 1. The highest BCUT2D eigenvalue weighted by molar-refractivity contribution is 6.09. The second kappa shape index (κ2) is 7.62.